The van der Waals surface area contributed by atoms with Crippen LogP contribution in [-0.4, -0.2) is 15.9 Å². The molecule has 0 saturated heterocycles. The van der Waals surface area contributed by atoms with E-state index in [0.29, 0.717) is 12.2 Å². The highest BCUT2D eigenvalue weighted by Crippen LogP contribution is 2.10. The molecule has 0 radical (unpaired) electrons. The molecule has 0 atom stereocenters. The van der Waals surface area contributed by atoms with Crippen LogP contribution in [0, 0.1) is 13.8 Å². The van der Waals surface area contributed by atoms with Crippen LogP contribution < -0.4 is 5.32 Å². The number of pyridine rings is 1. The van der Waals surface area contributed by atoms with E-state index in [4.69, 9.17) is 0 Å². The van der Waals surface area contributed by atoms with E-state index < -0.39 is 0 Å². The maximum Gasteiger partial charge on any atom is 0.231 e. The molecule has 4 nitrogen and oxygen atoms in total. The van der Waals surface area contributed by atoms with Crippen LogP contribution in [-0.2, 0) is 11.2 Å². The molecule has 1 amide bonds. The van der Waals surface area contributed by atoms with Gasteiger partial charge in [-0.1, -0.05) is 6.07 Å². The Balaban J connectivity index is 1.95. The molecule has 17 heavy (non-hydrogen) atoms. The maximum atomic E-state index is 11.7. The van der Waals surface area contributed by atoms with Crippen LogP contribution in [0.1, 0.15) is 16.3 Å². The van der Waals surface area contributed by atoms with Crippen LogP contribution in [0.5, 0.6) is 0 Å². The summed E-state index contributed by atoms with van der Waals surface area (Å²) < 4.78 is 0. The van der Waals surface area contributed by atoms with E-state index in [1.165, 1.54) is 0 Å². The van der Waals surface area contributed by atoms with Crippen molar-refractivity contribution in [3.05, 3.63) is 40.0 Å². The number of hydrogen-bond donors (Lipinski definition) is 1. The zero-order chi connectivity index (χ0) is 12.3. The fourth-order valence-corrected chi connectivity index (χ4v) is 2.00. The summed E-state index contributed by atoms with van der Waals surface area (Å²) in [4.78, 5) is 20.0. The van der Waals surface area contributed by atoms with Crippen molar-refractivity contribution >= 4 is 23.1 Å². The van der Waals surface area contributed by atoms with E-state index in [0.717, 1.165) is 16.3 Å². The molecule has 2 aromatic heterocycles. The summed E-state index contributed by atoms with van der Waals surface area (Å²) >= 11 is 1.55. The summed E-state index contributed by atoms with van der Waals surface area (Å²) in [6, 6.07) is 3.70. The number of rotatable bonds is 3. The third kappa shape index (κ3) is 3.35. The van der Waals surface area contributed by atoms with Crippen molar-refractivity contribution in [1.82, 2.24) is 9.97 Å². The van der Waals surface area contributed by atoms with Crippen molar-refractivity contribution in [2.45, 2.75) is 20.3 Å². The molecule has 2 heterocycles. The van der Waals surface area contributed by atoms with Crippen LogP contribution in [0.4, 0.5) is 5.82 Å². The summed E-state index contributed by atoms with van der Waals surface area (Å²) in [6.07, 6.45) is 2.02. The van der Waals surface area contributed by atoms with Gasteiger partial charge < -0.3 is 5.32 Å². The minimum absolute atomic E-state index is 0.0911. The lowest BCUT2D eigenvalue weighted by atomic mass is 10.3. The smallest absolute Gasteiger partial charge is 0.231 e. The van der Waals surface area contributed by atoms with Gasteiger partial charge in [-0.05, 0) is 25.5 Å². The molecule has 0 unspecified atom stereocenters. The molecule has 0 saturated carbocycles. The lowest BCUT2D eigenvalue weighted by Crippen LogP contribution is -2.15. The van der Waals surface area contributed by atoms with Crippen LogP contribution in [0.3, 0.4) is 0 Å². The number of aromatic nitrogens is 2. The second-order valence-electron chi connectivity index (χ2n) is 3.80. The zero-order valence-electron chi connectivity index (χ0n) is 9.73. The molecule has 2 rings (SSSR count). The molecule has 0 bridgehead atoms. The molecule has 0 aliphatic carbocycles. The molecule has 5 heteroatoms. The third-order valence-electron chi connectivity index (χ3n) is 2.19. The first-order valence-electron chi connectivity index (χ1n) is 5.27. The topological polar surface area (TPSA) is 54.9 Å². The Morgan fingerprint density at radius 3 is 2.82 bits per heavy atom. The van der Waals surface area contributed by atoms with Crippen molar-refractivity contribution in [3.63, 3.8) is 0 Å². The van der Waals surface area contributed by atoms with Crippen molar-refractivity contribution in [1.29, 1.82) is 0 Å². The highest BCUT2D eigenvalue weighted by atomic mass is 32.1. The third-order valence-corrected chi connectivity index (χ3v) is 3.01. The lowest BCUT2D eigenvalue weighted by molar-refractivity contribution is -0.115. The van der Waals surface area contributed by atoms with E-state index in [2.05, 4.69) is 15.3 Å². The van der Waals surface area contributed by atoms with Crippen molar-refractivity contribution in [2.24, 2.45) is 0 Å². The summed E-state index contributed by atoms with van der Waals surface area (Å²) in [5.74, 6) is 0.485. The molecule has 0 aliphatic heterocycles. The van der Waals surface area contributed by atoms with Gasteiger partial charge in [-0.25, -0.2) is 9.97 Å². The van der Waals surface area contributed by atoms with Gasteiger partial charge in [-0.2, -0.15) is 0 Å². The predicted octanol–water partition coefficient (Wildman–Crippen LogP) is 2.34. The van der Waals surface area contributed by atoms with Crippen molar-refractivity contribution < 1.29 is 4.79 Å². The second-order valence-corrected chi connectivity index (χ2v) is 4.87. The van der Waals surface area contributed by atoms with Gasteiger partial charge >= 0.3 is 0 Å². The molecule has 1 N–H and O–H groups in total. The normalized spacial score (nSPS) is 10.2. The van der Waals surface area contributed by atoms with Crippen LogP contribution in [0.25, 0.3) is 0 Å². The first-order valence-corrected chi connectivity index (χ1v) is 6.15. The fraction of sp³-hybridized carbons (Fsp3) is 0.250. The van der Waals surface area contributed by atoms with Gasteiger partial charge in [0.05, 0.1) is 17.1 Å². The number of anilines is 1. The van der Waals surface area contributed by atoms with Gasteiger partial charge in [0.15, 0.2) is 0 Å². The Hall–Kier alpha value is -1.75. The highest BCUT2D eigenvalue weighted by Gasteiger charge is 2.07. The van der Waals surface area contributed by atoms with Crippen molar-refractivity contribution in [2.75, 3.05) is 5.32 Å². The molecule has 0 aromatic carbocycles. The summed E-state index contributed by atoms with van der Waals surface area (Å²) in [6.45, 7) is 3.88. The summed E-state index contributed by atoms with van der Waals surface area (Å²) in [7, 11) is 0. The van der Waals surface area contributed by atoms with E-state index in [-0.39, 0.29) is 5.91 Å². The average Bonchev–Trinajstić information content (AvgIpc) is 2.67. The monoisotopic (exact) mass is 247 g/mol. The predicted molar refractivity (Wildman–Crippen MR) is 68.2 cm³/mol. The van der Waals surface area contributed by atoms with Crippen LogP contribution >= 0.6 is 11.3 Å². The standard InChI is InChI=1S/C12H13N3OS/c1-8-3-4-11(13-6-8)15-12(16)5-10-7-17-9(2)14-10/h3-4,6-7H,5H2,1-2H3,(H,13,15,16). The van der Waals surface area contributed by atoms with Crippen molar-refractivity contribution in [3.8, 4) is 0 Å². The van der Waals surface area contributed by atoms with E-state index >= 15 is 0 Å². The van der Waals surface area contributed by atoms with Gasteiger partial charge in [0.25, 0.3) is 0 Å². The minimum Gasteiger partial charge on any atom is -0.310 e. The average molecular weight is 247 g/mol. The number of thiazole rings is 1. The number of aryl methyl sites for hydroxylation is 2. The Kier molecular flexibility index (Phi) is 3.49. The van der Waals surface area contributed by atoms with Gasteiger partial charge in [-0.15, -0.1) is 11.3 Å². The molecule has 0 aliphatic rings. The molecule has 0 fully saturated rings. The number of carbonyl (C=O) groups excluding carboxylic acids is 1. The number of nitrogens with one attached hydrogen (secondary N) is 1. The van der Waals surface area contributed by atoms with Crippen LogP contribution in [0.2, 0.25) is 0 Å². The Labute approximate surface area is 104 Å². The van der Waals surface area contributed by atoms with E-state index in [1.54, 1.807) is 23.6 Å². The first kappa shape index (κ1) is 11.7. The quantitative estimate of drug-likeness (QED) is 0.905. The summed E-state index contributed by atoms with van der Waals surface area (Å²) in [5.41, 5.74) is 1.87. The molecule has 0 spiro atoms. The maximum absolute atomic E-state index is 11.7. The Morgan fingerprint density at radius 1 is 1.41 bits per heavy atom. The molecular formula is C12H13N3OS. The van der Waals surface area contributed by atoms with Gasteiger partial charge in [0.2, 0.25) is 5.91 Å². The zero-order valence-corrected chi connectivity index (χ0v) is 10.5. The van der Waals surface area contributed by atoms with Gasteiger partial charge in [-0.3, -0.25) is 4.79 Å². The second kappa shape index (κ2) is 5.05. The minimum atomic E-state index is -0.0911. The largest absolute Gasteiger partial charge is 0.310 e. The fourth-order valence-electron chi connectivity index (χ4n) is 1.38. The van der Waals surface area contributed by atoms with E-state index in [9.17, 15) is 4.79 Å². The Bertz CT molecular complexity index is 519. The van der Waals surface area contributed by atoms with E-state index in [1.807, 2.05) is 25.3 Å². The lowest BCUT2D eigenvalue weighted by Gasteiger charge is -2.02. The molecule has 2 aromatic rings. The van der Waals surface area contributed by atoms with Crippen LogP contribution in [0.15, 0.2) is 23.7 Å². The number of carbonyl (C=O) groups is 1. The van der Waals surface area contributed by atoms with Gasteiger partial charge in [0, 0.05) is 11.6 Å². The first-order chi connectivity index (χ1) is 8.13. The summed E-state index contributed by atoms with van der Waals surface area (Å²) in [5, 5.41) is 5.62. The SMILES string of the molecule is Cc1ccc(NC(=O)Cc2csc(C)n2)nc1. The number of hydrogen-bond acceptors (Lipinski definition) is 4. The Morgan fingerprint density at radius 2 is 2.24 bits per heavy atom. The molecule has 88 valence electrons. The highest BCUT2D eigenvalue weighted by molar-refractivity contribution is 7.09. The number of amides is 1. The molecular weight excluding hydrogens is 234 g/mol. The number of nitrogens with zero attached hydrogens (tertiary/aromatic N) is 2. The van der Waals surface area contributed by atoms with Gasteiger partial charge in [0.1, 0.15) is 5.82 Å².